The predicted octanol–water partition coefficient (Wildman–Crippen LogP) is 3.31. The third-order valence-corrected chi connectivity index (χ3v) is 4.93. The quantitative estimate of drug-likeness (QED) is 0.536. The van der Waals surface area contributed by atoms with Crippen molar-refractivity contribution >= 4 is 23.5 Å². The summed E-state index contributed by atoms with van der Waals surface area (Å²) in [6.45, 7) is 4.26. The second-order valence-corrected chi connectivity index (χ2v) is 6.70. The zero-order valence-electron chi connectivity index (χ0n) is 15.6. The minimum atomic E-state index is -0.440. The van der Waals surface area contributed by atoms with Gasteiger partial charge in [0.15, 0.2) is 0 Å². The molecule has 2 atom stereocenters. The molecule has 2 rings (SSSR count). The van der Waals surface area contributed by atoms with Crippen LogP contribution in [-0.2, 0) is 19.1 Å². The summed E-state index contributed by atoms with van der Waals surface area (Å²) in [5, 5.41) is 0.361. The van der Waals surface area contributed by atoms with Gasteiger partial charge in [-0.2, -0.15) is 0 Å². The smallest absolute Gasteiger partial charge is 0.336 e. The number of halogens is 1. The van der Waals surface area contributed by atoms with Gasteiger partial charge in [-0.15, -0.1) is 0 Å². The van der Waals surface area contributed by atoms with Crippen LogP contribution in [0.2, 0.25) is 5.15 Å². The molecule has 0 bridgehead atoms. The standard InChI is InChI=1S/C19H25ClN2O4/c1-5-6-14(25-3)11-22-12(2)18(19(24)26-4)15(9-17(22)23)13-7-8-16(20)21-10-13/h7-8,10,14-15H,5-6,9,11H2,1-4H3/t14?,15-/m1/s1. The fraction of sp³-hybridized carbons (Fsp3) is 0.526. The van der Waals surface area contributed by atoms with Gasteiger partial charge in [-0.1, -0.05) is 31.0 Å². The Kier molecular flexibility index (Phi) is 7.17. The Morgan fingerprint density at radius 1 is 1.42 bits per heavy atom. The first-order valence-electron chi connectivity index (χ1n) is 8.66. The fourth-order valence-corrected chi connectivity index (χ4v) is 3.41. The molecule has 0 saturated carbocycles. The SMILES string of the molecule is CCCC(CN1C(=O)C[C@H](c2ccc(Cl)nc2)C(C(=O)OC)=C1C)OC. The number of allylic oxidation sites excluding steroid dienone is 1. The molecule has 1 aromatic rings. The number of carbonyl (C=O) groups is 2. The fourth-order valence-electron chi connectivity index (χ4n) is 3.30. The number of esters is 1. The minimum Gasteiger partial charge on any atom is -0.466 e. The van der Waals surface area contributed by atoms with E-state index in [2.05, 4.69) is 11.9 Å². The molecule has 1 unspecified atom stereocenters. The van der Waals surface area contributed by atoms with Crippen molar-refractivity contribution < 1.29 is 19.1 Å². The lowest BCUT2D eigenvalue weighted by atomic mass is 9.84. The first-order valence-corrected chi connectivity index (χ1v) is 9.04. The first-order chi connectivity index (χ1) is 12.4. The van der Waals surface area contributed by atoms with Crippen LogP contribution in [0, 0.1) is 0 Å². The third kappa shape index (κ3) is 4.43. The molecule has 26 heavy (non-hydrogen) atoms. The number of methoxy groups -OCH3 is 2. The van der Waals surface area contributed by atoms with Gasteiger partial charge < -0.3 is 14.4 Å². The predicted molar refractivity (Wildman–Crippen MR) is 98.7 cm³/mol. The number of amides is 1. The van der Waals surface area contributed by atoms with Crippen LogP contribution in [0.3, 0.4) is 0 Å². The van der Waals surface area contributed by atoms with Crippen molar-refractivity contribution in [1.82, 2.24) is 9.88 Å². The number of rotatable bonds is 7. The summed E-state index contributed by atoms with van der Waals surface area (Å²) in [5.41, 5.74) is 1.84. The van der Waals surface area contributed by atoms with Crippen LogP contribution in [0.15, 0.2) is 29.6 Å². The molecular weight excluding hydrogens is 356 g/mol. The molecule has 0 aliphatic carbocycles. The summed E-state index contributed by atoms with van der Waals surface area (Å²) < 4.78 is 10.5. The topological polar surface area (TPSA) is 68.7 Å². The maximum atomic E-state index is 12.8. The molecule has 1 aliphatic heterocycles. The maximum Gasteiger partial charge on any atom is 0.336 e. The van der Waals surface area contributed by atoms with Gasteiger partial charge in [-0.3, -0.25) is 4.79 Å². The summed E-state index contributed by atoms with van der Waals surface area (Å²) in [4.78, 5) is 31.0. The summed E-state index contributed by atoms with van der Waals surface area (Å²) in [6.07, 6.45) is 3.48. The molecule has 0 saturated heterocycles. The van der Waals surface area contributed by atoms with E-state index >= 15 is 0 Å². The Hall–Kier alpha value is -1.92. The average molecular weight is 381 g/mol. The van der Waals surface area contributed by atoms with Gasteiger partial charge in [-0.25, -0.2) is 9.78 Å². The zero-order valence-corrected chi connectivity index (χ0v) is 16.4. The molecule has 1 aromatic heterocycles. The van der Waals surface area contributed by atoms with E-state index in [1.54, 1.807) is 37.3 Å². The molecule has 0 aromatic carbocycles. The van der Waals surface area contributed by atoms with E-state index in [-0.39, 0.29) is 18.4 Å². The van der Waals surface area contributed by atoms with E-state index < -0.39 is 11.9 Å². The highest BCUT2D eigenvalue weighted by atomic mass is 35.5. The Bertz CT molecular complexity index is 687. The van der Waals surface area contributed by atoms with E-state index in [9.17, 15) is 9.59 Å². The van der Waals surface area contributed by atoms with Gasteiger partial charge in [-0.05, 0) is 25.0 Å². The molecule has 142 valence electrons. The summed E-state index contributed by atoms with van der Waals surface area (Å²) in [7, 11) is 2.98. The number of hydrogen-bond donors (Lipinski definition) is 0. The van der Waals surface area contributed by atoms with Gasteiger partial charge in [0.2, 0.25) is 5.91 Å². The van der Waals surface area contributed by atoms with Crippen LogP contribution >= 0.6 is 11.6 Å². The lowest BCUT2D eigenvalue weighted by Crippen LogP contribution is -2.42. The Morgan fingerprint density at radius 2 is 2.15 bits per heavy atom. The average Bonchev–Trinajstić information content (AvgIpc) is 2.63. The van der Waals surface area contributed by atoms with Crippen LogP contribution in [0.25, 0.3) is 0 Å². The van der Waals surface area contributed by atoms with Crippen LogP contribution in [0.4, 0.5) is 0 Å². The van der Waals surface area contributed by atoms with Crippen molar-refractivity contribution in [2.45, 2.75) is 45.1 Å². The minimum absolute atomic E-state index is 0.0479. The van der Waals surface area contributed by atoms with Gasteiger partial charge >= 0.3 is 5.97 Å². The molecule has 1 amide bonds. The molecule has 0 fully saturated rings. The highest BCUT2D eigenvalue weighted by molar-refractivity contribution is 6.29. The van der Waals surface area contributed by atoms with Gasteiger partial charge in [0.05, 0.1) is 25.3 Å². The van der Waals surface area contributed by atoms with E-state index in [1.165, 1.54) is 7.11 Å². The molecule has 0 spiro atoms. The highest BCUT2D eigenvalue weighted by Crippen LogP contribution is 2.37. The number of pyridine rings is 1. The van der Waals surface area contributed by atoms with Crippen LogP contribution < -0.4 is 0 Å². The normalized spacial score (nSPS) is 18.9. The Balaban J connectivity index is 2.42. The van der Waals surface area contributed by atoms with E-state index in [0.29, 0.717) is 23.0 Å². The summed E-state index contributed by atoms with van der Waals surface area (Å²) in [6, 6.07) is 3.44. The second-order valence-electron chi connectivity index (χ2n) is 6.31. The van der Waals surface area contributed by atoms with Crippen LogP contribution in [0.5, 0.6) is 0 Å². The van der Waals surface area contributed by atoms with Crippen molar-refractivity contribution in [3.05, 3.63) is 40.3 Å². The lowest BCUT2D eigenvalue weighted by molar-refractivity contribution is -0.138. The molecule has 7 heteroatoms. The van der Waals surface area contributed by atoms with Crippen molar-refractivity contribution in [1.29, 1.82) is 0 Å². The molecule has 6 nitrogen and oxygen atoms in total. The van der Waals surface area contributed by atoms with Gasteiger partial charge in [0.1, 0.15) is 5.15 Å². The van der Waals surface area contributed by atoms with Crippen molar-refractivity contribution in [3.8, 4) is 0 Å². The molecule has 0 N–H and O–H groups in total. The van der Waals surface area contributed by atoms with Crippen molar-refractivity contribution in [3.63, 3.8) is 0 Å². The largest absolute Gasteiger partial charge is 0.466 e. The zero-order chi connectivity index (χ0) is 19.3. The van der Waals surface area contributed by atoms with E-state index in [0.717, 1.165) is 18.4 Å². The Morgan fingerprint density at radius 3 is 2.69 bits per heavy atom. The van der Waals surface area contributed by atoms with Crippen LogP contribution in [-0.4, -0.2) is 48.6 Å². The van der Waals surface area contributed by atoms with Gasteiger partial charge in [0.25, 0.3) is 0 Å². The number of ether oxygens (including phenoxy) is 2. The Labute approximate surface area is 159 Å². The van der Waals surface area contributed by atoms with E-state index in [1.807, 2.05) is 0 Å². The monoisotopic (exact) mass is 380 g/mol. The third-order valence-electron chi connectivity index (χ3n) is 4.71. The summed E-state index contributed by atoms with van der Waals surface area (Å²) in [5.74, 6) is -0.888. The van der Waals surface area contributed by atoms with Crippen LogP contribution in [0.1, 0.15) is 44.6 Å². The van der Waals surface area contributed by atoms with Gasteiger partial charge in [0, 0.05) is 31.3 Å². The number of aromatic nitrogens is 1. The molecule has 1 aliphatic rings. The first kappa shape index (κ1) is 20.4. The second kappa shape index (κ2) is 9.14. The van der Waals surface area contributed by atoms with Crippen molar-refractivity contribution in [2.75, 3.05) is 20.8 Å². The lowest BCUT2D eigenvalue weighted by Gasteiger charge is -2.35. The molecule has 0 radical (unpaired) electrons. The highest BCUT2D eigenvalue weighted by Gasteiger charge is 2.37. The summed E-state index contributed by atoms with van der Waals surface area (Å²) >= 11 is 5.86. The molecule has 2 heterocycles. The van der Waals surface area contributed by atoms with E-state index in [4.69, 9.17) is 21.1 Å². The number of hydrogen-bond acceptors (Lipinski definition) is 5. The number of carbonyl (C=O) groups excluding carboxylic acids is 2. The van der Waals surface area contributed by atoms with Crippen molar-refractivity contribution in [2.24, 2.45) is 0 Å². The maximum absolute atomic E-state index is 12.8. The number of nitrogens with zero attached hydrogens (tertiary/aromatic N) is 2. The molecular formula is C19H25ClN2O4.